The lowest BCUT2D eigenvalue weighted by Crippen LogP contribution is -2.06. The van der Waals surface area contributed by atoms with Crippen molar-refractivity contribution in [1.82, 2.24) is 4.98 Å². The van der Waals surface area contributed by atoms with E-state index >= 15 is 0 Å². The lowest BCUT2D eigenvalue weighted by molar-refractivity contribution is -0.136. The number of pyridine rings is 1. The number of benzene rings is 3. The van der Waals surface area contributed by atoms with Crippen molar-refractivity contribution < 1.29 is 26.3 Å². The Labute approximate surface area is 183 Å². The monoisotopic (exact) mass is 457 g/mol. The van der Waals surface area contributed by atoms with Gasteiger partial charge in [0.15, 0.2) is 9.84 Å². The van der Waals surface area contributed by atoms with E-state index in [-0.39, 0.29) is 17.0 Å². The Morgan fingerprint density at radius 3 is 2.44 bits per heavy atom. The van der Waals surface area contributed by atoms with Crippen molar-refractivity contribution in [3.8, 4) is 16.9 Å². The molecule has 0 saturated carbocycles. The summed E-state index contributed by atoms with van der Waals surface area (Å²) in [7, 11) is -3.33. The van der Waals surface area contributed by atoms with Crippen molar-refractivity contribution in [3.05, 3.63) is 90.1 Å². The second-order valence-electron chi connectivity index (χ2n) is 7.29. The van der Waals surface area contributed by atoms with E-state index in [2.05, 4.69) is 4.98 Å². The molecule has 4 nitrogen and oxygen atoms in total. The fourth-order valence-corrected chi connectivity index (χ4v) is 4.13. The van der Waals surface area contributed by atoms with E-state index < -0.39 is 21.6 Å². The number of fused-ring (bicyclic) bond motifs is 1. The molecule has 0 unspecified atom stereocenters. The van der Waals surface area contributed by atoms with Crippen molar-refractivity contribution in [3.63, 3.8) is 0 Å². The number of rotatable bonds is 5. The minimum absolute atomic E-state index is 0.110. The summed E-state index contributed by atoms with van der Waals surface area (Å²) in [4.78, 5) is 4.16. The van der Waals surface area contributed by atoms with E-state index in [1.165, 1.54) is 18.3 Å². The van der Waals surface area contributed by atoms with Gasteiger partial charge in [0, 0.05) is 17.8 Å². The Bertz CT molecular complexity index is 1400. The van der Waals surface area contributed by atoms with E-state index in [4.69, 9.17) is 4.74 Å². The van der Waals surface area contributed by atoms with Crippen LogP contribution in [0.15, 0.2) is 83.9 Å². The van der Waals surface area contributed by atoms with Gasteiger partial charge < -0.3 is 4.74 Å². The number of halogens is 3. The Morgan fingerprint density at radius 2 is 1.69 bits per heavy atom. The summed E-state index contributed by atoms with van der Waals surface area (Å²) in [6, 6.07) is 19.1. The summed E-state index contributed by atoms with van der Waals surface area (Å²) in [6.07, 6.45) is -2.01. The molecule has 0 amide bonds. The second kappa shape index (κ2) is 8.27. The molecular weight excluding hydrogens is 439 g/mol. The molecule has 0 fully saturated rings. The van der Waals surface area contributed by atoms with Crippen LogP contribution in [0, 0.1) is 0 Å². The van der Waals surface area contributed by atoms with Crippen LogP contribution >= 0.6 is 0 Å². The normalized spacial score (nSPS) is 12.1. The highest BCUT2D eigenvalue weighted by molar-refractivity contribution is 7.90. The van der Waals surface area contributed by atoms with Crippen LogP contribution in [0.1, 0.15) is 11.1 Å². The van der Waals surface area contributed by atoms with Gasteiger partial charge in [0.25, 0.3) is 0 Å². The highest BCUT2D eigenvalue weighted by Crippen LogP contribution is 2.37. The molecule has 1 heterocycles. The van der Waals surface area contributed by atoms with Crippen LogP contribution in [-0.2, 0) is 22.6 Å². The highest BCUT2D eigenvalue weighted by atomic mass is 32.2. The Hall–Kier alpha value is -3.39. The van der Waals surface area contributed by atoms with Crippen molar-refractivity contribution in [2.75, 3.05) is 6.26 Å². The third-order valence-electron chi connectivity index (χ3n) is 4.95. The molecule has 0 bridgehead atoms. The van der Waals surface area contributed by atoms with Crippen molar-refractivity contribution in [2.45, 2.75) is 17.7 Å². The molecule has 4 aromatic rings. The van der Waals surface area contributed by atoms with Gasteiger partial charge in [-0.3, -0.25) is 4.98 Å². The first-order valence-corrected chi connectivity index (χ1v) is 11.5. The summed E-state index contributed by atoms with van der Waals surface area (Å²) >= 11 is 0. The predicted octanol–water partition coefficient (Wildman–Crippen LogP) is 5.90. The number of aromatic nitrogens is 1. The zero-order valence-corrected chi connectivity index (χ0v) is 17.7. The summed E-state index contributed by atoms with van der Waals surface area (Å²) in [5.74, 6) is 0.504. The first-order valence-electron chi connectivity index (χ1n) is 9.60. The van der Waals surface area contributed by atoms with Crippen LogP contribution in [0.3, 0.4) is 0 Å². The van der Waals surface area contributed by atoms with Crippen LogP contribution in [0.4, 0.5) is 13.2 Å². The van der Waals surface area contributed by atoms with E-state index in [0.29, 0.717) is 27.8 Å². The molecule has 3 aromatic carbocycles. The van der Waals surface area contributed by atoms with E-state index in [1.54, 1.807) is 54.6 Å². The largest absolute Gasteiger partial charge is 0.489 e. The SMILES string of the molecule is CS(=O)(=O)c1cccc(COc2cccc(-c3ccnc4c(C(F)(F)F)cccc34)c2)c1. The van der Waals surface area contributed by atoms with Gasteiger partial charge in [0.05, 0.1) is 16.0 Å². The minimum Gasteiger partial charge on any atom is -0.489 e. The van der Waals surface area contributed by atoms with Crippen LogP contribution in [0.25, 0.3) is 22.0 Å². The van der Waals surface area contributed by atoms with Gasteiger partial charge in [-0.1, -0.05) is 36.4 Å². The fourth-order valence-electron chi connectivity index (χ4n) is 3.44. The minimum atomic E-state index is -4.50. The first kappa shape index (κ1) is 21.8. The van der Waals surface area contributed by atoms with Gasteiger partial charge in [-0.05, 0) is 53.1 Å². The number of alkyl halides is 3. The second-order valence-corrected chi connectivity index (χ2v) is 9.31. The zero-order valence-electron chi connectivity index (χ0n) is 16.9. The topological polar surface area (TPSA) is 56.3 Å². The van der Waals surface area contributed by atoms with Gasteiger partial charge in [-0.2, -0.15) is 13.2 Å². The maximum atomic E-state index is 13.4. The molecular formula is C24H18F3NO3S. The van der Waals surface area contributed by atoms with Gasteiger partial charge in [-0.25, -0.2) is 8.42 Å². The molecule has 0 atom stereocenters. The first-order chi connectivity index (χ1) is 15.1. The van der Waals surface area contributed by atoms with Gasteiger partial charge >= 0.3 is 6.18 Å². The van der Waals surface area contributed by atoms with Crippen LogP contribution < -0.4 is 4.74 Å². The zero-order chi connectivity index (χ0) is 22.9. The summed E-state index contributed by atoms with van der Waals surface area (Å²) in [6.45, 7) is 0.141. The molecule has 0 radical (unpaired) electrons. The molecule has 32 heavy (non-hydrogen) atoms. The Balaban J connectivity index is 1.65. The standard InChI is InChI=1S/C24H18F3NO3S/c1-32(29,30)19-8-2-5-16(13-19)15-31-18-7-3-6-17(14-18)20-11-12-28-23-21(20)9-4-10-22(23)24(25,26)27/h2-14H,15H2,1H3. The Kier molecular flexibility index (Phi) is 5.64. The highest BCUT2D eigenvalue weighted by Gasteiger charge is 2.33. The summed E-state index contributed by atoms with van der Waals surface area (Å²) < 4.78 is 69.4. The molecule has 8 heteroatoms. The van der Waals surface area contributed by atoms with Crippen LogP contribution in [0.2, 0.25) is 0 Å². The summed E-state index contributed by atoms with van der Waals surface area (Å²) in [5, 5.41) is 0.389. The molecule has 0 aliphatic heterocycles. The third kappa shape index (κ3) is 4.60. The molecule has 4 rings (SSSR count). The fraction of sp³-hybridized carbons (Fsp3) is 0.125. The predicted molar refractivity (Wildman–Crippen MR) is 116 cm³/mol. The van der Waals surface area contributed by atoms with Gasteiger partial charge in [0.1, 0.15) is 12.4 Å². The molecule has 0 saturated heterocycles. The quantitative estimate of drug-likeness (QED) is 0.374. The molecule has 164 valence electrons. The third-order valence-corrected chi connectivity index (χ3v) is 6.06. The van der Waals surface area contributed by atoms with Gasteiger partial charge in [-0.15, -0.1) is 0 Å². The molecule has 0 spiro atoms. The molecule has 0 aliphatic carbocycles. The van der Waals surface area contributed by atoms with E-state index in [9.17, 15) is 21.6 Å². The molecule has 0 N–H and O–H groups in total. The maximum Gasteiger partial charge on any atom is 0.418 e. The number of nitrogens with zero attached hydrogens (tertiary/aromatic N) is 1. The Morgan fingerprint density at radius 1 is 0.938 bits per heavy atom. The smallest absolute Gasteiger partial charge is 0.418 e. The lowest BCUT2D eigenvalue weighted by atomic mass is 9.99. The van der Waals surface area contributed by atoms with E-state index in [1.807, 2.05) is 0 Å². The van der Waals surface area contributed by atoms with E-state index in [0.717, 1.165) is 12.3 Å². The van der Waals surface area contributed by atoms with Crippen LogP contribution in [-0.4, -0.2) is 19.7 Å². The van der Waals surface area contributed by atoms with Crippen LogP contribution in [0.5, 0.6) is 5.75 Å². The average molecular weight is 457 g/mol. The summed E-state index contributed by atoms with van der Waals surface area (Å²) in [5.41, 5.74) is 1.07. The number of para-hydroxylation sites is 1. The maximum absolute atomic E-state index is 13.4. The van der Waals surface area contributed by atoms with Crippen molar-refractivity contribution in [2.24, 2.45) is 0 Å². The van der Waals surface area contributed by atoms with Gasteiger partial charge in [0.2, 0.25) is 0 Å². The number of ether oxygens (including phenoxy) is 1. The van der Waals surface area contributed by atoms with Crippen molar-refractivity contribution >= 4 is 20.7 Å². The number of hydrogen-bond donors (Lipinski definition) is 0. The number of sulfone groups is 1. The average Bonchev–Trinajstić information content (AvgIpc) is 2.76. The number of hydrogen-bond acceptors (Lipinski definition) is 4. The molecule has 1 aromatic heterocycles. The molecule has 0 aliphatic rings. The lowest BCUT2D eigenvalue weighted by Gasteiger charge is -2.13. The van der Waals surface area contributed by atoms with Crippen molar-refractivity contribution in [1.29, 1.82) is 0 Å².